The molecule has 0 saturated heterocycles. The van der Waals surface area contributed by atoms with Crippen LogP contribution in [0.2, 0.25) is 0 Å². The van der Waals surface area contributed by atoms with Crippen LogP contribution in [-0.2, 0) is 0 Å². The number of nitrogen functional groups attached to an aromatic ring is 1. The van der Waals surface area contributed by atoms with E-state index in [1.165, 1.54) is 24.4 Å². The molecule has 1 saturated carbocycles. The fourth-order valence-corrected chi connectivity index (χ4v) is 1.71. The van der Waals surface area contributed by atoms with E-state index in [-0.39, 0.29) is 0 Å². The first-order chi connectivity index (χ1) is 5.75. The first-order valence-corrected chi connectivity index (χ1v) is 4.83. The zero-order chi connectivity index (χ0) is 8.55. The molecule has 1 aliphatic rings. The molecule has 0 atom stereocenters. The highest BCUT2D eigenvalue weighted by Gasteiger charge is 2.23. The number of nitrogens with two attached hydrogens (primary N) is 1. The van der Waals surface area contributed by atoms with Gasteiger partial charge in [0.1, 0.15) is 0 Å². The van der Waals surface area contributed by atoms with Gasteiger partial charge in [0.2, 0.25) is 11.1 Å². The number of nitrogens with zero attached hydrogens (tertiary/aromatic N) is 3. The molecular weight excluding hydrogens is 172 g/mol. The van der Waals surface area contributed by atoms with Crippen LogP contribution in [0.25, 0.3) is 0 Å². The van der Waals surface area contributed by atoms with Crippen molar-refractivity contribution in [3.8, 4) is 0 Å². The predicted molar refractivity (Wildman–Crippen MR) is 50.3 cm³/mol. The zero-order valence-corrected chi connectivity index (χ0v) is 7.84. The molecule has 5 heteroatoms. The number of anilines is 2. The highest BCUT2D eigenvalue weighted by Crippen LogP contribution is 2.31. The van der Waals surface area contributed by atoms with Gasteiger partial charge < -0.3 is 10.6 Å². The van der Waals surface area contributed by atoms with Gasteiger partial charge in [-0.05, 0) is 18.8 Å². The van der Waals surface area contributed by atoms with E-state index >= 15 is 0 Å². The molecule has 2 N–H and O–H groups in total. The smallest absolute Gasteiger partial charge is 0.233 e. The summed E-state index contributed by atoms with van der Waals surface area (Å²) >= 11 is 1.37. The summed E-state index contributed by atoms with van der Waals surface area (Å²) < 4.78 is 3.93. The Labute approximate surface area is 75.6 Å². The van der Waals surface area contributed by atoms with E-state index in [4.69, 9.17) is 5.73 Å². The monoisotopic (exact) mass is 184 g/mol. The Balaban J connectivity index is 1.97. The van der Waals surface area contributed by atoms with Crippen molar-refractivity contribution in [2.45, 2.75) is 12.8 Å². The Morgan fingerprint density at radius 1 is 1.67 bits per heavy atom. The van der Waals surface area contributed by atoms with E-state index in [0.29, 0.717) is 5.95 Å². The molecule has 1 fully saturated rings. The third kappa shape index (κ3) is 1.66. The molecule has 12 heavy (non-hydrogen) atoms. The molecule has 0 spiro atoms. The molecule has 1 aliphatic carbocycles. The lowest BCUT2D eigenvalue weighted by atomic mass is 10.4. The average molecular weight is 184 g/mol. The average Bonchev–Trinajstić information content (AvgIpc) is 2.72. The Bertz CT molecular complexity index is 268. The molecule has 0 unspecified atom stereocenters. The van der Waals surface area contributed by atoms with E-state index in [2.05, 4.69) is 14.3 Å². The van der Waals surface area contributed by atoms with Crippen molar-refractivity contribution in [3.05, 3.63) is 0 Å². The molecule has 2 rings (SSSR count). The van der Waals surface area contributed by atoms with Gasteiger partial charge >= 0.3 is 0 Å². The Morgan fingerprint density at radius 3 is 2.92 bits per heavy atom. The Morgan fingerprint density at radius 2 is 2.42 bits per heavy atom. The SMILES string of the molecule is CN(CC1CC1)c1nc(N)ns1. The van der Waals surface area contributed by atoms with E-state index in [1.54, 1.807) is 0 Å². The normalized spacial score (nSPS) is 16.4. The Kier molecular flexibility index (Phi) is 1.88. The summed E-state index contributed by atoms with van der Waals surface area (Å²) in [5.74, 6) is 1.26. The molecule has 1 heterocycles. The van der Waals surface area contributed by atoms with Gasteiger partial charge in [0.05, 0.1) is 0 Å². The summed E-state index contributed by atoms with van der Waals surface area (Å²) in [7, 11) is 2.04. The minimum atomic E-state index is 0.387. The first kappa shape index (κ1) is 7.79. The second-order valence-electron chi connectivity index (χ2n) is 3.26. The van der Waals surface area contributed by atoms with Gasteiger partial charge in [-0.2, -0.15) is 9.36 Å². The van der Waals surface area contributed by atoms with Crippen LogP contribution in [-0.4, -0.2) is 22.9 Å². The summed E-state index contributed by atoms with van der Waals surface area (Å²) in [6.45, 7) is 1.09. The van der Waals surface area contributed by atoms with Gasteiger partial charge in [0, 0.05) is 25.1 Å². The number of hydrogen-bond acceptors (Lipinski definition) is 5. The lowest BCUT2D eigenvalue weighted by Gasteiger charge is -2.13. The molecule has 1 aromatic rings. The molecule has 4 nitrogen and oxygen atoms in total. The topological polar surface area (TPSA) is 55.0 Å². The molecule has 0 amide bonds. The predicted octanol–water partition coefficient (Wildman–Crippen LogP) is 0.966. The van der Waals surface area contributed by atoms with Crippen LogP contribution in [0.3, 0.4) is 0 Å². The van der Waals surface area contributed by atoms with E-state index < -0.39 is 0 Å². The standard InChI is InChI=1S/C7H12N4S/c1-11(4-5-2-3-5)7-9-6(8)10-12-7/h5H,2-4H2,1H3,(H2,8,10). The van der Waals surface area contributed by atoms with E-state index in [1.807, 2.05) is 7.05 Å². The van der Waals surface area contributed by atoms with Crippen molar-refractivity contribution in [2.75, 3.05) is 24.2 Å². The second-order valence-corrected chi connectivity index (χ2v) is 3.99. The largest absolute Gasteiger partial charge is 0.367 e. The molecule has 66 valence electrons. The van der Waals surface area contributed by atoms with Crippen molar-refractivity contribution in [1.29, 1.82) is 0 Å². The van der Waals surface area contributed by atoms with Gasteiger partial charge in [-0.25, -0.2) is 0 Å². The number of rotatable bonds is 3. The second kappa shape index (κ2) is 2.90. The number of aromatic nitrogens is 2. The zero-order valence-electron chi connectivity index (χ0n) is 7.03. The molecule has 0 radical (unpaired) electrons. The minimum absolute atomic E-state index is 0.387. The molecule has 0 bridgehead atoms. The van der Waals surface area contributed by atoms with Gasteiger partial charge in [-0.3, -0.25) is 0 Å². The summed E-state index contributed by atoms with van der Waals surface area (Å²) in [5, 5.41) is 0.930. The van der Waals surface area contributed by atoms with Crippen LogP contribution in [0.5, 0.6) is 0 Å². The van der Waals surface area contributed by atoms with Crippen LogP contribution >= 0.6 is 11.5 Å². The van der Waals surface area contributed by atoms with Gasteiger partial charge in [-0.15, -0.1) is 0 Å². The summed E-state index contributed by atoms with van der Waals surface area (Å²) in [6, 6.07) is 0. The lowest BCUT2D eigenvalue weighted by Crippen LogP contribution is -2.19. The van der Waals surface area contributed by atoms with Crippen LogP contribution in [0.1, 0.15) is 12.8 Å². The van der Waals surface area contributed by atoms with Gasteiger partial charge in [-0.1, -0.05) is 0 Å². The summed E-state index contributed by atoms with van der Waals surface area (Å²) in [4.78, 5) is 6.23. The first-order valence-electron chi connectivity index (χ1n) is 4.06. The summed E-state index contributed by atoms with van der Waals surface area (Å²) in [5.41, 5.74) is 5.42. The van der Waals surface area contributed by atoms with Gasteiger partial charge in [0.15, 0.2) is 0 Å². The van der Waals surface area contributed by atoms with Gasteiger partial charge in [0.25, 0.3) is 0 Å². The van der Waals surface area contributed by atoms with Crippen molar-refractivity contribution < 1.29 is 0 Å². The molecular formula is C7H12N4S. The van der Waals surface area contributed by atoms with E-state index in [9.17, 15) is 0 Å². The highest BCUT2D eigenvalue weighted by molar-refractivity contribution is 7.09. The maximum absolute atomic E-state index is 5.42. The van der Waals surface area contributed by atoms with Crippen molar-refractivity contribution in [1.82, 2.24) is 9.36 Å². The summed E-state index contributed by atoms with van der Waals surface area (Å²) in [6.07, 6.45) is 2.72. The Hall–Kier alpha value is -0.840. The third-order valence-corrected chi connectivity index (χ3v) is 2.83. The van der Waals surface area contributed by atoms with Crippen molar-refractivity contribution in [2.24, 2.45) is 5.92 Å². The fraction of sp³-hybridized carbons (Fsp3) is 0.714. The van der Waals surface area contributed by atoms with Crippen LogP contribution in [0.4, 0.5) is 11.1 Å². The lowest BCUT2D eigenvalue weighted by molar-refractivity contribution is 0.785. The quantitative estimate of drug-likeness (QED) is 0.760. The van der Waals surface area contributed by atoms with Crippen molar-refractivity contribution >= 4 is 22.6 Å². The molecule has 0 aliphatic heterocycles. The van der Waals surface area contributed by atoms with Crippen LogP contribution < -0.4 is 10.6 Å². The highest BCUT2D eigenvalue weighted by atomic mass is 32.1. The fourth-order valence-electron chi connectivity index (χ4n) is 1.15. The number of hydrogen-bond donors (Lipinski definition) is 1. The van der Waals surface area contributed by atoms with Crippen LogP contribution in [0, 0.1) is 5.92 Å². The minimum Gasteiger partial charge on any atom is -0.367 e. The maximum atomic E-state index is 5.42. The third-order valence-electron chi connectivity index (χ3n) is 1.99. The van der Waals surface area contributed by atoms with E-state index in [0.717, 1.165) is 17.6 Å². The van der Waals surface area contributed by atoms with Crippen LogP contribution in [0.15, 0.2) is 0 Å². The van der Waals surface area contributed by atoms with Crippen molar-refractivity contribution in [3.63, 3.8) is 0 Å². The molecule has 1 aromatic heterocycles. The molecule has 0 aromatic carbocycles. The maximum Gasteiger partial charge on any atom is 0.233 e.